The molecule has 0 heterocycles. The standard InChI is InChI=1S/C25H34OP2/c1-26-22-16-10-17-23(27)25(22)21-15-8-9-18-24(21)28(19-11-4-2-5-12-19)20-13-6-3-7-14-20/h8-10,15-20H,2-7,11-14,27H2,1H3. The predicted molar refractivity (Wildman–Crippen MR) is 128 cm³/mol. The average Bonchev–Trinajstić information content (AvgIpc) is 2.76. The highest BCUT2D eigenvalue weighted by molar-refractivity contribution is 7.67. The Kier molecular flexibility index (Phi) is 7.08. The molecule has 4 rings (SSSR count). The zero-order valence-corrected chi connectivity index (χ0v) is 19.2. The van der Waals surface area contributed by atoms with Gasteiger partial charge >= 0.3 is 0 Å². The number of hydrogen-bond acceptors (Lipinski definition) is 1. The molecule has 2 fully saturated rings. The molecule has 150 valence electrons. The molecule has 0 radical (unpaired) electrons. The summed E-state index contributed by atoms with van der Waals surface area (Å²) in [4.78, 5) is 0. The molecule has 2 aliphatic rings. The van der Waals surface area contributed by atoms with Crippen molar-refractivity contribution < 1.29 is 4.74 Å². The lowest BCUT2D eigenvalue weighted by Crippen LogP contribution is -2.27. The van der Waals surface area contributed by atoms with E-state index >= 15 is 0 Å². The second-order valence-electron chi connectivity index (χ2n) is 8.43. The summed E-state index contributed by atoms with van der Waals surface area (Å²) >= 11 is 0. The van der Waals surface area contributed by atoms with Crippen LogP contribution in [0.25, 0.3) is 11.1 Å². The van der Waals surface area contributed by atoms with E-state index < -0.39 is 0 Å². The Morgan fingerprint density at radius 3 is 2.00 bits per heavy atom. The SMILES string of the molecule is COc1cccc(P)c1-c1ccccc1P(C1CCCCC1)C1CCCCC1. The van der Waals surface area contributed by atoms with Crippen molar-refractivity contribution >= 4 is 27.8 Å². The summed E-state index contributed by atoms with van der Waals surface area (Å²) in [5, 5.41) is 2.89. The van der Waals surface area contributed by atoms with E-state index in [0.29, 0.717) is 0 Å². The minimum absolute atomic E-state index is 0.131. The van der Waals surface area contributed by atoms with Crippen LogP contribution in [0.4, 0.5) is 0 Å². The first-order chi connectivity index (χ1) is 13.8. The quantitative estimate of drug-likeness (QED) is 0.501. The molecule has 0 spiro atoms. The molecule has 1 unspecified atom stereocenters. The van der Waals surface area contributed by atoms with Gasteiger partial charge in [-0.25, -0.2) is 0 Å². The summed E-state index contributed by atoms with van der Waals surface area (Å²) in [6, 6.07) is 15.7. The minimum Gasteiger partial charge on any atom is -0.496 e. The molecule has 0 aromatic heterocycles. The second-order valence-corrected chi connectivity index (χ2v) is 11.8. The molecule has 0 saturated heterocycles. The monoisotopic (exact) mass is 412 g/mol. The van der Waals surface area contributed by atoms with Crippen LogP contribution in [0.3, 0.4) is 0 Å². The first-order valence-corrected chi connectivity index (χ1v) is 13.2. The maximum atomic E-state index is 5.80. The molecule has 2 aliphatic carbocycles. The second kappa shape index (κ2) is 9.73. The van der Waals surface area contributed by atoms with Gasteiger partial charge in [0.25, 0.3) is 0 Å². The van der Waals surface area contributed by atoms with Crippen LogP contribution in [-0.2, 0) is 0 Å². The van der Waals surface area contributed by atoms with Crippen LogP contribution < -0.4 is 15.3 Å². The Labute approximate surface area is 174 Å². The fraction of sp³-hybridized carbons (Fsp3) is 0.520. The van der Waals surface area contributed by atoms with E-state index in [1.54, 1.807) is 12.4 Å². The summed E-state index contributed by atoms with van der Waals surface area (Å²) in [5.74, 6) is 1.00. The molecular weight excluding hydrogens is 378 g/mol. The zero-order chi connectivity index (χ0) is 19.3. The van der Waals surface area contributed by atoms with Crippen molar-refractivity contribution in [2.45, 2.75) is 75.5 Å². The topological polar surface area (TPSA) is 9.23 Å². The molecule has 2 saturated carbocycles. The average molecular weight is 412 g/mol. The highest BCUT2D eigenvalue weighted by Crippen LogP contribution is 2.56. The van der Waals surface area contributed by atoms with Crippen LogP contribution in [0.2, 0.25) is 0 Å². The lowest BCUT2D eigenvalue weighted by molar-refractivity contribution is 0.417. The first kappa shape index (κ1) is 20.4. The Morgan fingerprint density at radius 2 is 1.39 bits per heavy atom. The molecule has 0 bridgehead atoms. The number of hydrogen-bond donors (Lipinski definition) is 0. The van der Waals surface area contributed by atoms with Gasteiger partial charge in [-0.3, -0.25) is 0 Å². The van der Waals surface area contributed by atoms with Crippen LogP contribution in [-0.4, -0.2) is 18.4 Å². The van der Waals surface area contributed by atoms with Crippen LogP contribution >= 0.6 is 17.2 Å². The van der Waals surface area contributed by atoms with Gasteiger partial charge in [0, 0.05) is 5.56 Å². The van der Waals surface area contributed by atoms with Gasteiger partial charge in [0.15, 0.2) is 0 Å². The Bertz CT molecular complexity index is 758. The lowest BCUT2D eigenvalue weighted by atomic mass is 9.99. The van der Waals surface area contributed by atoms with Crippen LogP contribution in [0.15, 0.2) is 42.5 Å². The van der Waals surface area contributed by atoms with E-state index in [1.165, 1.54) is 80.6 Å². The molecule has 2 aromatic carbocycles. The molecule has 28 heavy (non-hydrogen) atoms. The summed E-state index contributed by atoms with van der Waals surface area (Å²) in [6.45, 7) is 0. The van der Waals surface area contributed by atoms with Gasteiger partial charge in [0.05, 0.1) is 7.11 Å². The van der Waals surface area contributed by atoms with E-state index in [9.17, 15) is 0 Å². The van der Waals surface area contributed by atoms with Crippen molar-refractivity contribution in [1.29, 1.82) is 0 Å². The van der Waals surface area contributed by atoms with Crippen molar-refractivity contribution in [3.8, 4) is 16.9 Å². The fourth-order valence-corrected chi connectivity index (χ4v) is 9.68. The molecule has 1 atom stereocenters. The lowest BCUT2D eigenvalue weighted by Gasteiger charge is -2.39. The van der Waals surface area contributed by atoms with E-state index in [1.807, 2.05) is 0 Å². The Morgan fingerprint density at radius 1 is 0.786 bits per heavy atom. The van der Waals surface area contributed by atoms with Gasteiger partial charge in [-0.05, 0) is 59.2 Å². The first-order valence-electron chi connectivity index (χ1n) is 11.1. The fourth-order valence-electron chi connectivity index (χ4n) is 5.33. The third-order valence-corrected chi connectivity index (χ3v) is 10.7. The molecule has 2 aromatic rings. The molecule has 0 N–H and O–H groups in total. The zero-order valence-electron chi connectivity index (χ0n) is 17.2. The van der Waals surface area contributed by atoms with E-state index in [2.05, 4.69) is 51.7 Å². The molecule has 0 amide bonds. The maximum absolute atomic E-state index is 5.80. The van der Waals surface area contributed by atoms with Crippen molar-refractivity contribution in [2.24, 2.45) is 0 Å². The van der Waals surface area contributed by atoms with Crippen molar-refractivity contribution in [3.05, 3.63) is 42.5 Å². The normalized spacial score (nSPS) is 19.1. The number of rotatable bonds is 5. The van der Waals surface area contributed by atoms with E-state index in [-0.39, 0.29) is 7.92 Å². The maximum Gasteiger partial charge on any atom is 0.127 e. The van der Waals surface area contributed by atoms with Crippen LogP contribution in [0.1, 0.15) is 64.2 Å². The summed E-state index contributed by atoms with van der Waals surface area (Å²) in [5.41, 5.74) is 4.53. The number of ether oxygens (including phenoxy) is 1. The summed E-state index contributed by atoms with van der Waals surface area (Å²) in [7, 11) is 4.61. The van der Waals surface area contributed by atoms with Crippen LogP contribution in [0.5, 0.6) is 5.75 Å². The van der Waals surface area contributed by atoms with E-state index in [4.69, 9.17) is 4.74 Å². The third-order valence-electron chi connectivity index (χ3n) is 6.67. The highest BCUT2D eigenvalue weighted by Gasteiger charge is 2.34. The molecule has 3 heteroatoms. The molecular formula is C25H34OP2. The minimum atomic E-state index is -0.131. The molecule has 0 aliphatic heterocycles. The van der Waals surface area contributed by atoms with Crippen molar-refractivity contribution in [3.63, 3.8) is 0 Å². The van der Waals surface area contributed by atoms with Gasteiger partial charge < -0.3 is 4.74 Å². The number of methoxy groups -OCH3 is 1. The van der Waals surface area contributed by atoms with E-state index in [0.717, 1.165) is 17.1 Å². The van der Waals surface area contributed by atoms with Gasteiger partial charge in [-0.15, -0.1) is 9.24 Å². The summed E-state index contributed by atoms with van der Waals surface area (Å²) < 4.78 is 5.80. The highest BCUT2D eigenvalue weighted by atomic mass is 31.1. The number of benzene rings is 2. The van der Waals surface area contributed by atoms with Crippen molar-refractivity contribution in [2.75, 3.05) is 7.11 Å². The predicted octanol–water partition coefficient (Wildman–Crippen LogP) is 6.64. The van der Waals surface area contributed by atoms with Gasteiger partial charge in [0.2, 0.25) is 0 Å². The van der Waals surface area contributed by atoms with Gasteiger partial charge in [-0.1, -0.05) is 82.8 Å². The Hall–Kier alpha value is -0.900. The van der Waals surface area contributed by atoms with Gasteiger partial charge in [-0.2, -0.15) is 0 Å². The van der Waals surface area contributed by atoms with Crippen LogP contribution in [0, 0.1) is 0 Å². The smallest absolute Gasteiger partial charge is 0.127 e. The Balaban J connectivity index is 1.81. The summed E-state index contributed by atoms with van der Waals surface area (Å²) in [6.07, 6.45) is 14.4. The largest absolute Gasteiger partial charge is 0.496 e. The van der Waals surface area contributed by atoms with Gasteiger partial charge in [0.1, 0.15) is 5.75 Å². The molecule has 1 nitrogen and oxygen atoms in total. The third kappa shape index (κ3) is 4.32. The van der Waals surface area contributed by atoms with Crippen molar-refractivity contribution in [1.82, 2.24) is 0 Å².